The molecule has 0 radical (unpaired) electrons. The quantitative estimate of drug-likeness (QED) is 0.865. The Labute approximate surface area is 110 Å². The lowest BCUT2D eigenvalue weighted by atomic mass is 9.94. The van der Waals surface area contributed by atoms with Crippen LogP contribution in [0.4, 0.5) is 0 Å². The van der Waals surface area contributed by atoms with E-state index in [1.54, 1.807) is 0 Å². The van der Waals surface area contributed by atoms with E-state index in [1.807, 2.05) is 0 Å². The van der Waals surface area contributed by atoms with Gasteiger partial charge in [-0.2, -0.15) is 0 Å². The fraction of sp³-hybridized carbons (Fsp3) is 0.294. The van der Waals surface area contributed by atoms with Crippen LogP contribution in [-0.2, 0) is 6.42 Å². The number of rotatable bonds is 3. The molecule has 2 aromatic carbocycles. The van der Waals surface area contributed by atoms with Crippen LogP contribution in [0.2, 0.25) is 0 Å². The van der Waals surface area contributed by atoms with Crippen LogP contribution in [0, 0.1) is 20.8 Å². The summed E-state index contributed by atoms with van der Waals surface area (Å²) in [5.74, 6) is 0. The number of aryl methyl sites for hydroxylation is 3. The highest BCUT2D eigenvalue weighted by Gasteiger charge is 2.09. The van der Waals surface area contributed by atoms with Crippen molar-refractivity contribution >= 4 is 0 Å². The first-order valence-corrected chi connectivity index (χ1v) is 6.44. The van der Waals surface area contributed by atoms with Gasteiger partial charge in [-0.1, -0.05) is 53.6 Å². The van der Waals surface area contributed by atoms with Crippen LogP contribution in [0.1, 0.15) is 33.9 Å². The van der Waals surface area contributed by atoms with E-state index < -0.39 is 0 Å². The van der Waals surface area contributed by atoms with Crippen molar-refractivity contribution < 1.29 is 0 Å². The third-order valence-electron chi connectivity index (χ3n) is 3.36. The molecule has 0 aliphatic carbocycles. The molecule has 0 aliphatic rings. The van der Waals surface area contributed by atoms with Crippen molar-refractivity contribution in [3.8, 4) is 0 Å². The summed E-state index contributed by atoms with van der Waals surface area (Å²) in [6, 6.07) is 15.1. The molecule has 1 unspecified atom stereocenters. The van der Waals surface area contributed by atoms with Crippen LogP contribution in [0.3, 0.4) is 0 Å². The number of nitrogens with two attached hydrogens (primary N) is 1. The van der Waals surface area contributed by atoms with E-state index in [2.05, 4.69) is 63.2 Å². The van der Waals surface area contributed by atoms with Crippen LogP contribution in [0.25, 0.3) is 0 Å². The molecule has 2 aromatic rings. The van der Waals surface area contributed by atoms with Gasteiger partial charge in [0.1, 0.15) is 0 Å². The van der Waals surface area contributed by atoms with Crippen molar-refractivity contribution in [1.29, 1.82) is 0 Å². The Morgan fingerprint density at radius 1 is 0.944 bits per heavy atom. The zero-order valence-corrected chi connectivity index (χ0v) is 11.4. The molecular weight excluding hydrogens is 218 g/mol. The molecule has 0 bridgehead atoms. The van der Waals surface area contributed by atoms with Gasteiger partial charge >= 0.3 is 0 Å². The summed E-state index contributed by atoms with van der Waals surface area (Å²) in [4.78, 5) is 0. The van der Waals surface area contributed by atoms with E-state index in [1.165, 1.54) is 27.8 Å². The minimum Gasteiger partial charge on any atom is -0.324 e. The van der Waals surface area contributed by atoms with Crippen molar-refractivity contribution in [2.75, 3.05) is 0 Å². The van der Waals surface area contributed by atoms with Gasteiger partial charge in [0.25, 0.3) is 0 Å². The molecule has 0 aromatic heterocycles. The van der Waals surface area contributed by atoms with Gasteiger partial charge in [0.15, 0.2) is 0 Å². The lowest BCUT2D eigenvalue weighted by Crippen LogP contribution is -2.14. The van der Waals surface area contributed by atoms with E-state index in [-0.39, 0.29) is 6.04 Å². The lowest BCUT2D eigenvalue weighted by molar-refractivity contribution is 0.716. The maximum Gasteiger partial charge on any atom is 0.0338 e. The Morgan fingerprint density at radius 3 is 2.33 bits per heavy atom. The average Bonchev–Trinajstić information content (AvgIpc) is 2.28. The standard InChI is InChI=1S/C17H21N/c1-12-5-4-6-15(10-12)11-17(18)16-8-7-13(2)9-14(16)3/h4-10,17H,11,18H2,1-3H3. The maximum absolute atomic E-state index is 6.33. The second-order valence-corrected chi connectivity index (χ2v) is 5.16. The van der Waals surface area contributed by atoms with E-state index in [0.29, 0.717) is 0 Å². The molecular formula is C17H21N. The van der Waals surface area contributed by atoms with Gasteiger partial charge in [-0.25, -0.2) is 0 Å². The summed E-state index contributed by atoms with van der Waals surface area (Å²) < 4.78 is 0. The molecule has 1 heteroatoms. The van der Waals surface area contributed by atoms with Crippen LogP contribution < -0.4 is 5.73 Å². The molecule has 0 saturated heterocycles. The average molecular weight is 239 g/mol. The largest absolute Gasteiger partial charge is 0.324 e. The van der Waals surface area contributed by atoms with Crippen molar-refractivity contribution in [1.82, 2.24) is 0 Å². The van der Waals surface area contributed by atoms with Crippen LogP contribution in [0.5, 0.6) is 0 Å². The Hall–Kier alpha value is -1.60. The maximum atomic E-state index is 6.33. The van der Waals surface area contributed by atoms with Crippen molar-refractivity contribution in [3.63, 3.8) is 0 Å². The molecule has 0 spiro atoms. The third kappa shape index (κ3) is 2.99. The van der Waals surface area contributed by atoms with E-state index in [0.717, 1.165) is 6.42 Å². The van der Waals surface area contributed by atoms with Crippen molar-refractivity contribution in [2.45, 2.75) is 33.2 Å². The minimum atomic E-state index is 0.0763. The SMILES string of the molecule is Cc1cccc(CC(N)c2ccc(C)cc2C)c1. The Kier molecular flexibility index (Phi) is 3.83. The summed E-state index contributed by atoms with van der Waals surface area (Å²) in [5.41, 5.74) is 12.8. The van der Waals surface area contributed by atoms with Gasteiger partial charge in [-0.3, -0.25) is 0 Å². The molecule has 0 amide bonds. The van der Waals surface area contributed by atoms with Gasteiger partial charge in [0.2, 0.25) is 0 Å². The molecule has 94 valence electrons. The molecule has 2 N–H and O–H groups in total. The van der Waals surface area contributed by atoms with Gasteiger partial charge in [-0.05, 0) is 43.9 Å². The summed E-state index contributed by atoms with van der Waals surface area (Å²) in [5, 5.41) is 0. The molecule has 18 heavy (non-hydrogen) atoms. The second-order valence-electron chi connectivity index (χ2n) is 5.16. The Morgan fingerprint density at radius 2 is 1.67 bits per heavy atom. The predicted octanol–water partition coefficient (Wildman–Crippen LogP) is 3.85. The number of hydrogen-bond acceptors (Lipinski definition) is 1. The number of benzene rings is 2. The topological polar surface area (TPSA) is 26.0 Å². The summed E-state index contributed by atoms with van der Waals surface area (Å²) in [6.45, 7) is 6.37. The monoisotopic (exact) mass is 239 g/mol. The fourth-order valence-corrected chi connectivity index (χ4v) is 2.44. The van der Waals surface area contributed by atoms with Gasteiger partial charge in [-0.15, -0.1) is 0 Å². The van der Waals surface area contributed by atoms with Gasteiger partial charge in [0.05, 0.1) is 0 Å². The number of hydrogen-bond donors (Lipinski definition) is 1. The highest BCUT2D eigenvalue weighted by molar-refractivity contribution is 5.34. The zero-order chi connectivity index (χ0) is 13.1. The third-order valence-corrected chi connectivity index (χ3v) is 3.36. The minimum absolute atomic E-state index is 0.0763. The fourth-order valence-electron chi connectivity index (χ4n) is 2.44. The Bertz CT molecular complexity index is 543. The van der Waals surface area contributed by atoms with Crippen molar-refractivity contribution in [3.05, 3.63) is 70.3 Å². The first-order chi connectivity index (χ1) is 8.56. The first-order valence-electron chi connectivity index (χ1n) is 6.44. The molecule has 2 rings (SSSR count). The van der Waals surface area contributed by atoms with Gasteiger partial charge in [0, 0.05) is 6.04 Å². The highest BCUT2D eigenvalue weighted by atomic mass is 14.6. The summed E-state index contributed by atoms with van der Waals surface area (Å²) in [6.07, 6.45) is 0.894. The van der Waals surface area contributed by atoms with E-state index in [9.17, 15) is 0 Å². The second kappa shape index (κ2) is 5.36. The molecule has 0 saturated carbocycles. The van der Waals surface area contributed by atoms with Gasteiger partial charge < -0.3 is 5.73 Å². The smallest absolute Gasteiger partial charge is 0.0338 e. The molecule has 1 nitrogen and oxygen atoms in total. The highest BCUT2D eigenvalue weighted by Crippen LogP contribution is 2.21. The molecule has 0 aliphatic heterocycles. The lowest BCUT2D eigenvalue weighted by Gasteiger charge is -2.15. The predicted molar refractivity (Wildman–Crippen MR) is 77.7 cm³/mol. The van der Waals surface area contributed by atoms with Crippen molar-refractivity contribution in [2.24, 2.45) is 5.73 Å². The van der Waals surface area contributed by atoms with E-state index >= 15 is 0 Å². The molecule has 0 fully saturated rings. The summed E-state index contributed by atoms with van der Waals surface area (Å²) in [7, 11) is 0. The normalized spacial score (nSPS) is 12.4. The molecule has 1 atom stereocenters. The van der Waals surface area contributed by atoms with Crippen LogP contribution in [-0.4, -0.2) is 0 Å². The summed E-state index contributed by atoms with van der Waals surface area (Å²) >= 11 is 0. The van der Waals surface area contributed by atoms with E-state index in [4.69, 9.17) is 5.73 Å². The zero-order valence-electron chi connectivity index (χ0n) is 11.4. The first kappa shape index (κ1) is 12.8. The van der Waals surface area contributed by atoms with Crippen LogP contribution >= 0.6 is 0 Å². The Balaban J connectivity index is 2.19. The molecule has 0 heterocycles. The van der Waals surface area contributed by atoms with Crippen LogP contribution in [0.15, 0.2) is 42.5 Å².